The standard InChI is InChI=1S/C15H18F3N5O/c1-9(7-11-5-4-6-19-8-11)20-14(24)21-13-10(2)12(15(16,17)18)22-23(13)3/h4-6,8-9H,7H2,1-3H3,(H2,20,21,24). The van der Waals surface area contributed by atoms with Crippen molar-refractivity contribution in [3.05, 3.63) is 41.3 Å². The van der Waals surface area contributed by atoms with Crippen LogP contribution in [0.25, 0.3) is 0 Å². The van der Waals surface area contributed by atoms with Crippen molar-refractivity contribution in [2.75, 3.05) is 5.32 Å². The molecule has 0 bridgehead atoms. The van der Waals surface area contributed by atoms with E-state index >= 15 is 0 Å². The van der Waals surface area contributed by atoms with Crippen molar-refractivity contribution in [3.63, 3.8) is 0 Å². The fourth-order valence-corrected chi connectivity index (χ4v) is 2.36. The lowest BCUT2D eigenvalue weighted by molar-refractivity contribution is -0.141. The van der Waals surface area contributed by atoms with E-state index < -0.39 is 17.9 Å². The number of amides is 2. The summed E-state index contributed by atoms with van der Waals surface area (Å²) in [5.74, 6) is 0.00778. The van der Waals surface area contributed by atoms with Gasteiger partial charge in [0.05, 0.1) is 0 Å². The Morgan fingerprint density at radius 2 is 2.12 bits per heavy atom. The number of nitrogens with zero attached hydrogens (tertiary/aromatic N) is 3. The Morgan fingerprint density at radius 3 is 2.67 bits per heavy atom. The van der Waals surface area contributed by atoms with Crippen LogP contribution in [0.3, 0.4) is 0 Å². The number of alkyl halides is 3. The summed E-state index contributed by atoms with van der Waals surface area (Å²) in [6.07, 6.45) is -0.667. The zero-order chi connectivity index (χ0) is 17.9. The summed E-state index contributed by atoms with van der Waals surface area (Å²) >= 11 is 0. The average molecular weight is 341 g/mol. The zero-order valence-electron chi connectivity index (χ0n) is 13.5. The van der Waals surface area contributed by atoms with Gasteiger partial charge in [0.25, 0.3) is 0 Å². The molecule has 0 aromatic carbocycles. The van der Waals surface area contributed by atoms with E-state index in [0.29, 0.717) is 6.42 Å². The highest BCUT2D eigenvalue weighted by Gasteiger charge is 2.37. The molecule has 1 unspecified atom stereocenters. The third kappa shape index (κ3) is 4.24. The molecule has 0 radical (unpaired) electrons. The molecule has 2 N–H and O–H groups in total. The molecule has 6 nitrogen and oxygen atoms in total. The van der Waals surface area contributed by atoms with Crippen molar-refractivity contribution in [3.8, 4) is 0 Å². The first-order valence-corrected chi connectivity index (χ1v) is 7.25. The molecule has 0 spiro atoms. The summed E-state index contributed by atoms with van der Waals surface area (Å²) in [6.45, 7) is 3.06. The minimum Gasteiger partial charge on any atom is -0.335 e. The van der Waals surface area contributed by atoms with Gasteiger partial charge in [0.2, 0.25) is 0 Å². The van der Waals surface area contributed by atoms with Crippen LogP contribution in [0.1, 0.15) is 23.7 Å². The molecule has 0 saturated heterocycles. The smallest absolute Gasteiger partial charge is 0.335 e. The minimum absolute atomic E-state index is 0.00778. The molecular weight excluding hydrogens is 323 g/mol. The fourth-order valence-electron chi connectivity index (χ4n) is 2.36. The number of anilines is 1. The SMILES string of the molecule is Cc1c(C(F)(F)F)nn(C)c1NC(=O)NC(C)Cc1cccnc1. The van der Waals surface area contributed by atoms with E-state index in [4.69, 9.17) is 0 Å². The molecule has 9 heteroatoms. The molecule has 1 atom stereocenters. The highest BCUT2D eigenvalue weighted by Crippen LogP contribution is 2.33. The summed E-state index contributed by atoms with van der Waals surface area (Å²) in [5.41, 5.74) is -0.190. The van der Waals surface area contributed by atoms with E-state index in [-0.39, 0.29) is 17.4 Å². The van der Waals surface area contributed by atoms with E-state index in [2.05, 4.69) is 20.7 Å². The Balaban J connectivity index is 2.01. The van der Waals surface area contributed by atoms with Crippen molar-refractivity contribution >= 4 is 11.8 Å². The van der Waals surface area contributed by atoms with Gasteiger partial charge in [-0.2, -0.15) is 18.3 Å². The van der Waals surface area contributed by atoms with E-state index in [1.807, 2.05) is 6.07 Å². The number of aryl methyl sites for hydroxylation is 1. The van der Waals surface area contributed by atoms with Crippen LogP contribution >= 0.6 is 0 Å². The van der Waals surface area contributed by atoms with Gasteiger partial charge in [-0.3, -0.25) is 15.0 Å². The molecule has 2 amide bonds. The van der Waals surface area contributed by atoms with Crippen molar-refractivity contribution < 1.29 is 18.0 Å². The van der Waals surface area contributed by atoms with E-state index in [1.165, 1.54) is 14.0 Å². The summed E-state index contributed by atoms with van der Waals surface area (Å²) in [6, 6.07) is 2.86. The maximum atomic E-state index is 12.8. The van der Waals surface area contributed by atoms with Crippen LogP contribution in [0.4, 0.5) is 23.8 Å². The lowest BCUT2D eigenvalue weighted by Gasteiger charge is -2.15. The average Bonchev–Trinajstić information content (AvgIpc) is 2.76. The monoisotopic (exact) mass is 341 g/mol. The van der Waals surface area contributed by atoms with E-state index in [0.717, 1.165) is 10.2 Å². The lowest BCUT2D eigenvalue weighted by Crippen LogP contribution is -2.37. The number of carbonyl (C=O) groups excluding carboxylic acids is 1. The van der Waals surface area contributed by atoms with Crippen molar-refractivity contribution in [2.24, 2.45) is 7.05 Å². The fraction of sp³-hybridized carbons (Fsp3) is 0.400. The highest BCUT2D eigenvalue weighted by molar-refractivity contribution is 5.89. The number of hydrogen-bond donors (Lipinski definition) is 2. The Kier molecular flexibility index (Phi) is 5.10. The van der Waals surface area contributed by atoms with Crippen LogP contribution in [0.2, 0.25) is 0 Å². The van der Waals surface area contributed by atoms with Gasteiger partial charge < -0.3 is 5.32 Å². The molecule has 2 heterocycles. The van der Waals surface area contributed by atoms with Crippen molar-refractivity contribution in [1.82, 2.24) is 20.1 Å². The second-order valence-corrected chi connectivity index (χ2v) is 5.51. The van der Waals surface area contributed by atoms with Crippen LogP contribution in [-0.4, -0.2) is 26.8 Å². The van der Waals surface area contributed by atoms with Gasteiger partial charge in [0.15, 0.2) is 5.69 Å². The number of pyridine rings is 1. The predicted molar refractivity (Wildman–Crippen MR) is 82.5 cm³/mol. The third-order valence-corrected chi connectivity index (χ3v) is 3.43. The number of aromatic nitrogens is 3. The van der Waals surface area contributed by atoms with Gasteiger partial charge in [-0.25, -0.2) is 4.79 Å². The van der Waals surface area contributed by atoms with Crippen molar-refractivity contribution in [2.45, 2.75) is 32.5 Å². The number of hydrogen-bond acceptors (Lipinski definition) is 3. The molecule has 2 rings (SSSR count). The number of carbonyl (C=O) groups is 1. The van der Waals surface area contributed by atoms with Crippen LogP contribution in [0, 0.1) is 6.92 Å². The lowest BCUT2D eigenvalue weighted by atomic mass is 10.1. The van der Waals surface area contributed by atoms with Crippen LogP contribution in [0.15, 0.2) is 24.5 Å². The van der Waals surface area contributed by atoms with E-state index in [1.54, 1.807) is 25.4 Å². The normalized spacial score (nSPS) is 12.8. The Labute approximate surface area is 137 Å². The van der Waals surface area contributed by atoms with Crippen LogP contribution < -0.4 is 10.6 Å². The number of halogens is 3. The maximum Gasteiger partial charge on any atom is 0.435 e. The number of rotatable bonds is 4. The largest absolute Gasteiger partial charge is 0.435 e. The topological polar surface area (TPSA) is 71.8 Å². The molecule has 24 heavy (non-hydrogen) atoms. The van der Waals surface area contributed by atoms with Gasteiger partial charge in [0, 0.05) is 31.0 Å². The third-order valence-electron chi connectivity index (χ3n) is 3.43. The van der Waals surface area contributed by atoms with Crippen LogP contribution in [0.5, 0.6) is 0 Å². The first-order chi connectivity index (χ1) is 11.2. The van der Waals surface area contributed by atoms with Crippen molar-refractivity contribution in [1.29, 1.82) is 0 Å². The first kappa shape index (κ1) is 17.8. The summed E-state index contributed by atoms with van der Waals surface area (Å²) < 4.78 is 39.5. The summed E-state index contributed by atoms with van der Waals surface area (Å²) in [4.78, 5) is 16.0. The van der Waals surface area contributed by atoms with Gasteiger partial charge in [-0.05, 0) is 31.9 Å². The van der Waals surface area contributed by atoms with Gasteiger partial charge in [-0.1, -0.05) is 6.07 Å². The quantitative estimate of drug-likeness (QED) is 0.898. The molecular formula is C15H18F3N5O. The van der Waals surface area contributed by atoms with E-state index in [9.17, 15) is 18.0 Å². The molecule has 0 aliphatic heterocycles. The van der Waals surface area contributed by atoms with Gasteiger partial charge in [-0.15, -0.1) is 0 Å². The molecule has 0 fully saturated rings. The maximum absolute atomic E-state index is 12.8. The first-order valence-electron chi connectivity index (χ1n) is 7.25. The number of nitrogens with one attached hydrogen (secondary N) is 2. The second kappa shape index (κ2) is 6.90. The summed E-state index contributed by atoms with van der Waals surface area (Å²) in [7, 11) is 1.34. The molecule has 0 aliphatic rings. The molecule has 2 aromatic heterocycles. The summed E-state index contributed by atoms with van der Waals surface area (Å²) in [5, 5.41) is 8.52. The number of urea groups is 1. The Morgan fingerprint density at radius 1 is 1.42 bits per heavy atom. The minimum atomic E-state index is -4.56. The van der Waals surface area contributed by atoms with Gasteiger partial charge in [0.1, 0.15) is 5.82 Å². The van der Waals surface area contributed by atoms with Gasteiger partial charge >= 0.3 is 12.2 Å². The zero-order valence-corrected chi connectivity index (χ0v) is 13.5. The second-order valence-electron chi connectivity index (χ2n) is 5.51. The predicted octanol–water partition coefficient (Wildman–Crippen LogP) is 2.90. The molecule has 130 valence electrons. The molecule has 0 aliphatic carbocycles. The molecule has 2 aromatic rings. The Hall–Kier alpha value is -2.58. The Bertz CT molecular complexity index is 712. The van der Waals surface area contributed by atoms with Crippen LogP contribution in [-0.2, 0) is 19.6 Å². The molecule has 0 saturated carbocycles. The highest BCUT2D eigenvalue weighted by atomic mass is 19.4.